The highest BCUT2D eigenvalue weighted by molar-refractivity contribution is 5.76. The van der Waals surface area contributed by atoms with Gasteiger partial charge in [-0.1, -0.05) is 13.8 Å². The van der Waals surface area contributed by atoms with Crippen LogP contribution in [0.4, 0.5) is 5.69 Å². The molecule has 24 heavy (non-hydrogen) atoms. The van der Waals surface area contributed by atoms with E-state index in [1.54, 1.807) is 13.8 Å². The van der Waals surface area contributed by atoms with Crippen molar-refractivity contribution in [1.82, 2.24) is 15.1 Å². The standard InChI is InChI=1S/C16H26N4O4/c1-6-24-13-9-12(16(13,4)5)17-14(21)7-8-19-11(3)15(20(22)23)10(2)18-19/h12-13H,6-9H2,1-5H3,(H,17,21)/t12-,13+/m1/s1. The fraction of sp³-hybridized carbons (Fsp3) is 0.750. The molecule has 0 aliphatic heterocycles. The molecule has 2 atom stereocenters. The van der Waals surface area contributed by atoms with Crippen LogP contribution in [-0.2, 0) is 16.1 Å². The Bertz CT molecular complexity index is 638. The minimum atomic E-state index is -0.432. The van der Waals surface area contributed by atoms with Crippen molar-refractivity contribution in [1.29, 1.82) is 0 Å². The predicted octanol–water partition coefficient (Wildman–Crippen LogP) is 2.12. The van der Waals surface area contributed by atoms with Gasteiger partial charge in [0, 0.05) is 24.5 Å². The molecule has 0 aromatic carbocycles. The maximum atomic E-state index is 12.2. The smallest absolute Gasteiger partial charge is 0.312 e. The number of hydrogen-bond acceptors (Lipinski definition) is 5. The van der Waals surface area contributed by atoms with E-state index in [4.69, 9.17) is 4.74 Å². The fourth-order valence-electron chi connectivity index (χ4n) is 3.26. The average molecular weight is 338 g/mol. The first kappa shape index (κ1) is 18.4. The Kier molecular flexibility index (Phi) is 5.27. The molecule has 0 saturated heterocycles. The molecule has 0 unspecified atom stereocenters. The Hall–Kier alpha value is -1.96. The molecule has 1 saturated carbocycles. The van der Waals surface area contributed by atoms with Crippen molar-refractivity contribution in [2.24, 2.45) is 5.41 Å². The lowest BCUT2D eigenvalue weighted by Crippen LogP contribution is -2.62. The second-order valence-electron chi connectivity index (χ2n) is 6.87. The molecule has 8 nitrogen and oxygen atoms in total. The van der Waals surface area contributed by atoms with E-state index in [0.717, 1.165) is 6.42 Å². The van der Waals surface area contributed by atoms with Crippen LogP contribution in [0.3, 0.4) is 0 Å². The van der Waals surface area contributed by atoms with Gasteiger partial charge in [-0.05, 0) is 27.2 Å². The summed E-state index contributed by atoms with van der Waals surface area (Å²) in [6.07, 6.45) is 1.23. The van der Waals surface area contributed by atoms with Crippen LogP contribution in [0.5, 0.6) is 0 Å². The van der Waals surface area contributed by atoms with E-state index >= 15 is 0 Å². The highest BCUT2D eigenvalue weighted by Crippen LogP contribution is 2.42. The number of hydrogen-bond donors (Lipinski definition) is 1. The lowest BCUT2D eigenvalue weighted by atomic mass is 9.64. The minimum absolute atomic E-state index is 0.0232. The maximum absolute atomic E-state index is 12.2. The molecule has 1 amide bonds. The van der Waals surface area contributed by atoms with Crippen molar-refractivity contribution in [3.63, 3.8) is 0 Å². The summed E-state index contributed by atoms with van der Waals surface area (Å²) in [5, 5.41) is 18.2. The van der Waals surface area contributed by atoms with Gasteiger partial charge in [0.15, 0.2) is 0 Å². The van der Waals surface area contributed by atoms with Crippen molar-refractivity contribution in [3.8, 4) is 0 Å². The summed E-state index contributed by atoms with van der Waals surface area (Å²) in [6.45, 7) is 10.4. The van der Waals surface area contributed by atoms with Crippen molar-refractivity contribution in [3.05, 3.63) is 21.5 Å². The van der Waals surface area contributed by atoms with Crippen molar-refractivity contribution in [2.75, 3.05) is 6.61 Å². The Balaban J connectivity index is 1.89. The molecule has 1 aliphatic rings. The first-order chi connectivity index (χ1) is 11.2. The van der Waals surface area contributed by atoms with Gasteiger partial charge in [-0.2, -0.15) is 5.10 Å². The molecule has 1 aliphatic carbocycles. The first-order valence-electron chi connectivity index (χ1n) is 8.27. The Labute approximate surface area is 141 Å². The normalized spacial score (nSPS) is 22.0. The van der Waals surface area contributed by atoms with E-state index in [2.05, 4.69) is 24.3 Å². The number of carbonyl (C=O) groups is 1. The van der Waals surface area contributed by atoms with Gasteiger partial charge in [0.2, 0.25) is 5.91 Å². The molecular weight excluding hydrogens is 312 g/mol. The van der Waals surface area contributed by atoms with Gasteiger partial charge in [0.25, 0.3) is 0 Å². The van der Waals surface area contributed by atoms with Gasteiger partial charge in [-0.15, -0.1) is 0 Å². The summed E-state index contributed by atoms with van der Waals surface area (Å²) in [5.41, 5.74) is 0.793. The Morgan fingerprint density at radius 3 is 2.67 bits per heavy atom. The molecular formula is C16H26N4O4. The average Bonchev–Trinajstić information content (AvgIpc) is 2.78. The quantitative estimate of drug-likeness (QED) is 0.606. The molecule has 0 radical (unpaired) electrons. The van der Waals surface area contributed by atoms with Crippen LogP contribution in [0, 0.1) is 29.4 Å². The molecule has 8 heteroatoms. The van der Waals surface area contributed by atoms with E-state index in [1.807, 2.05) is 6.92 Å². The largest absolute Gasteiger partial charge is 0.378 e. The van der Waals surface area contributed by atoms with Crippen LogP contribution in [-0.4, -0.2) is 39.4 Å². The topological polar surface area (TPSA) is 99.3 Å². The third kappa shape index (κ3) is 3.43. The van der Waals surface area contributed by atoms with Crippen molar-refractivity contribution < 1.29 is 14.5 Å². The molecule has 134 valence electrons. The number of nitro groups is 1. The summed E-state index contributed by atoms with van der Waals surface area (Å²) in [4.78, 5) is 22.8. The number of nitrogens with one attached hydrogen (secondary N) is 1. The zero-order chi connectivity index (χ0) is 18.1. The number of carbonyl (C=O) groups excluding carboxylic acids is 1. The van der Waals surface area contributed by atoms with Crippen LogP contribution in [0.2, 0.25) is 0 Å². The summed E-state index contributed by atoms with van der Waals surface area (Å²) < 4.78 is 7.19. The number of ether oxygens (including phenoxy) is 1. The zero-order valence-electron chi connectivity index (χ0n) is 15.0. The lowest BCUT2D eigenvalue weighted by Gasteiger charge is -2.51. The lowest BCUT2D eigenvalue weighted by molar-refractivity contribution is -0.386. The number of aromatic nitrogens is 2. The zero-order valence-corrected chi connectivity index (χ0v) is 15.0. The summed E-state index contributed by atoms with van der Waals surface area (Å²) in [6, 6.07) is 0.0938. The van der Waals surface area contributed by atoms with Crippen molar-refractivity contribution >= 4 is 11.6 Å². The molecule has 2 rings (SSSR count). The van der Waals surface area contributed by atoms with Crippen LogP contribution >= 0.6 is 0 Å². The van der Waals surface area contributed by atoms with Crippen LogP contribution in [0.1, 0.15) is 45.0 Å². The Morgan fingerprint density at radius 1 is 1.50 bits per heavy atom. The predicted molar refractivity (Wildman–Crippen MR) is 88.7 cm³/mol. The summed E-state index contributed by atoms with van der Waals surface area (Å²) in [7, 11) is 0. The van der Waals surface area contributed by atoms with E-state index in [1.165, 1.54) is 4.68 Å². The number of rotatable bonds is 7. The minimum Gasteiger partial charge on any atom is -0.378 e. The molecule has 0 bridgehead atoms. The van der Waals surface area contributed by atoms with Crippen LogP contribution < -0.4 is 5.32 Å². The van der Waals surface area contributed by atoms with Crippen molar-refractivity contribution in [2.45, 2.75) is 66.2 Å². The van der Waals surface area contributed by atoms with Gasteiger partial charge < -0.3 is 10.1 Å². The summed E-state index contributed by atoms with van der Waals surface area (Å²) >= 11 is 0. The van der Waals surface area contributed by atoms with Gasteiger partial charge >= 0.3 is 5.69 Å². The SMILES string of the molecule is CCO[C@H]1C[C@@H](NC(=O)CCn2nc(C)c([N+](=O)[O-])c2C)C1(C)C. The number of aryl methyl sites for hydroxylation is 2. The van der Waals surface area contributed by atoms with Gasteiger partial charge in [0.1, 0.15) is 11.4 Å². The van der Waals surface area contributed by atoms with Gasteiger partial charge in [-0.25, -0.2) is 0 Å². The summed E-state index contributed by atoms with van der Waals surface area (Å²) in [5.74, 6) is -0.0711. The highest BCUT2D eigenvalue weighted by atomic mass is 16.6. The second-order valence-corrected chi connectivity index (χ2v) is 6.87. The molecule has 1 aromatic rings. The second kappa shape index (κ2) is 6.88. The van der Waals surface area contributed by atoms with E-state index in [0.29, 0.717) is 24.5 Å². The molecule has 1 N–H and O–H groups in total. The molecule has 1 fully saturated rings. The van der Waals surface area contributed by atoms with E-state index in [9.17, 15) is 14.9 Å². The third-order valence-corrected chi connectivity index (χ3v) is 4.96. The first-order valence-corrected chi connectivity index (χ1v) is 8.27. The molecule has 0 spiro atoms. The maximum Gasteiger partial charge on any atom is 0.312 e. The molecule has 1 heterocycles. The van der Waals surface area contributed by atoms with Gasteiger partial charge in [0.05, 0.1) is 17.6 Å². The number of nitrogens with zero attached hydrogens (tertiary/aromatic N) is 3. The third-order valence-electron chi connectivity index (χ3n) is 4.96. The van der Waals surface area contributed by atoms with E-state index < -0.39 is 4.92 Å². The fourth-order valence-corrected chi connectivity index (χ4v) is 3.26. The number of amides is 1. The highest BCUT2D eigenvalue weighted by Gasteiger charge is 2.49. The molecule has 1 aromatic heterocycles. The van der Waals surface area contributed by atoms with E-state index in [-0.39, 0.29) is 35.6 Å². The Morgan fingerprint density at radius 2 is 2.17 bits per heavy atom. The van der Waals surface area contributed by atoms with Crippen LogP contribution in [0.15, 0.2) is 0 Å². The monoisotopic (exact) mass is 338 g/mol. The van der Waals surface area contributed by atoms with Gasteiger partial charge in [-0.3, -0.25) is 19.6 Å². The van der Waals surface area contributed by atoms with Crippen LogP contribution in [0.25, 0.3) is 0 Å².